The summed E-state index contributed by atoms with van der Waals surface area (Å²) in [5.74, 6) is -1.15. The Balaban J connectivity index is 2.75. The molecule has 0 aliphatic heterocycles. The van der Waals surface area contributed by atoms with Gasteiger partial charge >= 0.3 is 12.1 Å². The Bertz CT molecular complexity index is 540. The van der Waals surface area contributed by atoms with Gasteiger partial charge in [-0.05, 0) is 32.9 Å². The first kappa shape index (κ1) is 17.6. The summed E-state index contributed by atoms with van der Waals surface area (Å²) in [6.07, 6.45) is -0.769. The third kappa shape index (κ3) is 5.51. The molecule has 4 N–H and O–H groups in total. The van der Waals surface area contributed by atoms with Crippen LogP contribution in [0, 0.1) is 0 Å². The number of hydrogen-bond acceptors (Lipinski definition) is 5. The molecule has 0 aliphatic carbocycles. The van der Waals surface area contributed by atoms with Gasteiger partial charge in [0.25, 0.3) is 0 Å². The van der Waals surface area contributed by atoms with E-state index in [1.807, 2.05) is 0 Å². The molecule has 1 rings (SSSR count). The Hall–Kier alpha value is -2.44. The molecule has 1 atom stereocenters. The summed E-state index contributed by atoms with van der Waals surface area (Å²) in [7, 11) is 1.71. The van der Waals surface area contributed by atoms with E-state index in [4.69, 9.17) is 10.5 Å². The standard InChI is InChI=1S/C15H23N3O4/c1-15(2,3)22-14(21)17-11(13(19)20)9-18(4)12-8-6-5-7-10(12)16/h5-8,11H,9,16H2,1-4H3,(H,17,21)(H,19,20)/t11-/m1/s1. The average Bonchev–Trinajstić information content (AvgIpc) is 2.35. The number of carbonyl (C=O) groups excluding carboxylic acids is 1. The highest BCUT2D eigenvalue weighted by molar-refractivity contribution is 5.81. The number of nitrogens with two attached hydrogens (primary N) is 1. The number of carboxylic acid groups (broad SMARTS) is 1. The van der Waals surface area contributed by atoms with Crippen LogP contribution < -0.4 is 16.0 Å². The largest absolute Gasteiger partial charge is 0.480 e. The number of para-hydroxylation sites is 2. The molecule has 1 aromatic carbocycles. The van der Waals surface area contributed by atoms with Crippen LogP contribution in [0.25, 0.3) is 0 Å². The molecule has 1 aromatic rings. The number of rotatable bonds is 5. The van der Waals surface area contributed by atoms with Crippen LogP contribution in [-0.2, 0) is 9.53 Å². The van der Waals surface area contributed by atoms with E-state index < -0.39 is 23.7 Å². The lowest BCUT2D eigenvalue weighted by molar-refractivity contribution is -0.139. The first-order chi connectivity index (χ1) is 10.1. The number of nitrogens with one attached hydrogen (secondary N) is 1. The van der Waals surface area contributed by atoms with E-state index >= 15 is 0 Å². The molecule has 1 amide bonds. The molecule has 0 unspecified atom stereocenters. The van der Waals surface area contributed by atoms with Crippen LogP contribution >= 0.6 is 0 Å². The van der Waals surface area contributed by atoms with Gasteiger partial charge in [0.15, 0.2) is 0 Å². The molecule has 0 saturated heterocycles. The van der Waals surface area contributed by atoms with E-state index in [0.717, 1.165) is 0 Å². The molecular formula is C15H23N3O4. The minimum absolute atomic E-state index is 0.0583. The van der Waals surface area contributed by atoms with Gasteiger partial charge in [-0.2, -0.15) is 0 Å². The second kappa shape index (κ2) is 7.02. The summed E-state index contributed by atoms with van der Waals surface area (Å²) < 4.78 is 5.07. The van der Waals surface area contributed by atoms with Gasteiger partial charge in [-0.15, -0.1) is 0 Å². The molecular weight excluding hydrogens is 286 g/mol. The number of anilines is 2. The number of nitrogen functional groups attached to an aromatic ring is 1. The molecule has 7 heteroatoms. The van der Waals surface area contributed by atoms with Gasteiger partial charge < -0.3 is 25.8 Å². The lowest BCUT2D eigenvalue weighted by Gasteiger charge is -2.26. The maximum Gasteiger partial charge on any atom is 0.408 e. The number of hydrogen-bond donors (Lipinski definition) is 3. The smallest absolute Gasteiger partial charge is 0.408 e. The zero-order valence-electron chi connectivity index (χ0n) is 13.3. The third-order valence-electron chi connectivity index (χ3n) is 2.79. The summed E-state index contributed by atoms with van der Waals surface area (Å²) in [4.78, 5) is 24.7. The summed E-state index contributed by atoms with van der Waals surface area (Å²) >= 11 is 0. The van der Waals surface area contributed by atoms with E-state index in [9.17, 15) is 14.7 Å². The lowest BCUT2D eigenvalue weighted by atomic mass is 10.2. The van der Waals surface area contributed by atoms with E-state index in [2.05, 4.69) is 5.32 Å². The van der Waals surface area contributed by atoms with Crippen LogP contribution in [0.1, 0.15) is 20.8 Å². The first-order valence-corrected chi connectivity index (χ1v) is 6.88. The zero-order chi connectivity index (χ0) is 16.9. The SMILES string of the molecule is CN(C[C@@H](NC(=O)OC(C)(C)C)C(=O)O)c1ccccc1N. The number of carbonyl (C=O) groups is 2. The fraction of sp³-hybridized carbons (Fsp3) is 0.467. The third-order valence-corrected chi connectivity index (χ3v) is 2.79. The van der Waals surface area contributed by atoms with Crippen molar-refractivity contribution in [3.05, 3.63) is 24.3 Å². The van der Waals surface area contributed by atoms with Crippen LogP contribution in [0.5, 0.6) is 0 Å². The van der Waals surface area contributed by atoms with Gasteiger partial charge in [0, 0.05) is 13.6 Å². The van der Waals surface area contributed by atoms with E-state index in [1.165, 1.54) is 0 Å². The lowest BCUT2D eigenvalue weighted by Crippen LogP contribution is -2.49. The molecule has 0 spiro atoms. The minimum Gasteiger partial charge on any atom is -0.480 e. The Morgan fingerprint density at radius 2 is 1.95 bits per heavy atom. The van der Waals surface area contributed by atoms with Gasteiger partial charge in [-0.25, -0.2) is 9.59 Å². The maximum atomic E-state index is 11.7. The van der Waals surface area contributed by atoms with Crippen molar-refractivity contribution < 1.29 is 19.4 Å². The predicted molar refractivity (Wildman–Crippen MR) is 84.9 cm³/mol. The molecule has 0 aromatic heterocycles. The molecule has 0 aliphatic rings. The van der Waals surface area contributed by atoms with Gasteiger partial charge in [-0.3, -0.25) is 0 Å². The molecule has 0 saturated carbocycles. The Kier molecular flexibility index (Phi) is 5.62. The zero-order valence-corrected chi connectivity index (χ0v) is 13.3. The summed E-state index contributed by atoms with van der Waals surface area (Å²) in [6, 6.07) is 5.99. The Labute approximate surface area is 130 Å². The fourth-order valence-electron chi connectivity index (χ4n) is 1.84. The number of nitrogens with zero attached hydrogens (tertiary/aromatic N) is 1. The molecule has 22 heavy (non-hydrogen) atoms. The highest BCUT2D eigenvalue weighted by Gasteiger charge is 2.25. The first-order valence-electron chi connectivity index (χ1n) is 6.88. The van der Waals surface area contributed by atoms with Crippen molar-refractivity contribution in [2.75, 3.05) is 24.2 Å². The van der Waals surface area contributed by atoms with Crippen LogP contribution in [-0.4, -0.2) is 42.4 Å². The molecule has 7 nitrogen and oxygen atoms in total. The van der Waals surface area contributed by atoms with Gasteiger partial charge in [0.1, 0.15) is 11.6 Å². The van der Waals surface area contributed by atoms with Crippen molar-refractivity contribution in [3.8, 4) is 0 Å². The van der Waals surface area contributed by atoms with Crippen LogP contribution in [0.15, 0.2) is 24.3 Å². The van der Waals surface area contributed by atoms with E-state index in [0.29, 0.717) is 11.4 Å². The van der Waals surface area contributed by atoms with Crippen molar-refractivity contribution >= 4 is 23.4 Å². The van der Waals surface area contributed by atoms with Crippen molar-refractivity contribution in [2.45, 2.75) is 32.4 Å². The monoisotopic (exact) mass is 309 g/mol. The normalized spacial score (nSPS) is 12.4. The van der Waals surface area contributed by atoms with Crippen molar-refractivity contribution in [1.29, 1.82) is 0 Å². The van der Waals surface area contributed by atoms with Crippen LogP contribution in [0.4, 0.5) is 16.2 Å². The fourth-order valence-corrected chi connectivity index (χ4v) is 1.84. The van der Waals surface area contributed by atoms with E-state index in [-0.39, 0.29) is 6.54 Å². The molecule has 0 fully saturated rings. The van der Waals surface area contributed by atoms with E-state index in [1.54, 1.807) is 57.0 Å². The van der Waals surface area contributed by atoms with Crippen molar-refractivity contribution in [1.82, 2.24) is 5.32 Å². The number of likely N-dealkylation sites (N-methyl/N-ethyl adjacent to an activating group) is 1. The molecule has 0 heterocycles. The summed E-state index contributed by atoms with van der Waals surface area (Å²) in [5, 5.41) is 11.6. The minimum atomic E-state index is -1.15. The number of amides is 1. The predicted octanol–water partition coefficient (Wildman–Crippen LogP) is 1.68. The second-order valence-corrected chi connectivity index (χ2v) is 5.98. The number of aliphatic carboxylic acids is 1. The highest BCUT2D eigenvalue weighted by atomic mass is 16.6. The topological polar surface area (TPSA) is 105 Å². The molecule has 122 valence electrons. The van der Waals surface area contributed by atoms with Gasteiger partial charge in [0.2, 0.25) is 0 Å². The number of alkyl carbamates (subject to hydrolysis) is 1. The van der Waals surface area contributed by atoms with Crippen LogP contribution in [0.3, 0.4) is 0 Å². The second-order valence-electron chi connectivity index (χ2n) is 5.98. The average molecular weight is 309 g/mol. The molecule has 0 bridgehead atoms. The maximum absolute atomic E-state index is 11.7. The van der Waals surface area contributed by atoms with Crippen molar-refractivity contribution in [3.63, 3.8) is 0 Å². The van der Waals surface area contributed by atoms with Crippen LogP contribution in [0.2, 0.25) is 0 Å². The summed E-state index contributed by atoms with van der Waals surface area (Å²) in [6.45, 7) is 5.18. The van der Waals surface area contributed by atoms with Crippen molar-refractivity contribution in [2.24, 2.45) is 0 Å². The van der Waals surface area contributed by atoms with Gasteiger partial charge in [-0.1, -0.05) is 12.1 Å². The molecule has 0 radical (unpaired) electrons. The Morgan fingerprint density at radius 3 is 2.45 bits per heavy atom. The number of carboxylic acids is 1. The highest BCUT2D eigenvalue weighted by Crippen LogP contribution is 2.21. The quantitative estimate of drug-likeness (QED) is 0.715. The van der Waals surface area contributed by atoms with Gasteiger partial charge in [0.05, 0.1) is 11.4 Å². The summed E-state index contributed by atoms with van der Waals surface area (Å²) in [5.41, 5.74) is 6.39. The number of benzene rings is 1. The number of ether oxygens (including phenoxy) is 1. The Morgan fingerprint density at radius 1 is 1.36 bits per heavy atom.